The summed E-state index contributed by atoms with van der Waals surface area (Å²) in [4.78, 5) is 27.6. The molecule has 3 rings (SSSR count). The van der Waals surface area contributed by atoms with Crippen molar-refractivity contribution in [1.82, 2.24) is 10.3 Å². The van der Waals surface area contributed by atoms with Crippen molar-refractivity contribution in [3.8, 4) is 0 Å². The lowest BCUT2D eigenvalue weighted by atomic mass is 9.88. The number of carbonyl (C=O) groups is 2. The van der Waals surface area contributed by atoms with Gasteiger partial charge in [0.05, 0.1) is 5.56 Å². The van der Waals surface area contributed by atoms with Gasteiger partial charge < -0.3 is 11.1 Å². The van der Waals surface area contributed by atoms with Crippen molar-refractivity contribution in [1.29, 1.82) is 0 Å². The predicted molar refractivity (Wildman–Crippen MR) is 91.6 cm³/mol. The standard InChI is InChI=1S/C19H21N3O2/c20-17(23)16-9-8-15(13-21-16)18(24)22-19(10-4-5-11-19)12-14-6-2-1-3-7-14/h1-3,6-9,13H,4-5,10-12H2,(H2,20,23)(H,22,24). The SMILES string of the molecule is NC(=O)c1ccc(C(=O)NC2(Cc3ccccc3)CCCC2)cn1. The molecule has 0 unspecified atom stereocenters. The van der Waals surface area contributed by atoms with Crippen LogP contribution in [0.15, 0.2) is 48.7 Å². The van der Waals surface area contributed by atoms with Gasteiger partial charge in [-0.2, -0.15) is 0 Å². The maximum atomic E-state index is 12.6. The Morgan fingerprint density at radius 1 is 1.08 bits per heavy atom. The predicted octanol–water partition coefficient (Wildman–Crippen LogP) is 2.47. The van der Waals surface area contributed by atoms with Gasteiger partial charge in [0.15, 0.2) is 0 Å². The number of aromatic nitrogens is 1. The fourth-order valence-corrected chi connectivity index (χ4v) is 3.37. The molecule has 1 saturated carbocycles. The van der Waals surface area contributed by atoms with Crippen molar-refractivity contribution < 1.29 is 9.59 Å². The van der Waals surface area contributed by atoms with E-state index in [1.165, 1.54) is 17.8 Å². The van der Waals surface area contributed by atoms with Crippen molar-refractivity contribution in [3.05, 3.63) is 65.5 Å². The van der Waals surface area contributed by atoms with Gasteiger partial charge in [0, 0.05) is 11.7 Å². The van der Waals surface area contributed by atoms with Crippen LogP contribution in [0.5, 0.6) is 0 Å². The minimum Gasteiger partial charge on any atom is -0.364 e. The second kappa shape index (κ2) is 6.83. The van der Waals surface area contributed by atoms with Gasteiger partial charge in [0.2, 0.25) is 0 Å². The summed E-state index contributed by atoms with van der Waals surface area (Å²) in [5, 5.41) is 3.21. The zero-order valence-corrected chi connectivity index (χ0v) is 13.5. The van der Waals surface area contributed by atoms with Crippen molar-refractivity contribution in [3.63, 3.8) is 0 Å². The van der Waals surface area contributed by atoms with Crippen LogP contribution in [0.1, 0.15) is 52.1 Å². The number of benzene rings is 1. The molecule has 1 aromatic heterocycles. The van der Waals surface area contributed by atoms with Gasteiger partial charge >= 0.3 is 0 Å². The molecule has 0 atom stereocenters. The summed E-state index contributed by atoms with van der Waals surface area (Å²) in [7, 11) is 0. The van der Waals surface area contributed by atoms with Gasteiger partial charge in [0.1, 0.15) is 5.69 Å². The van der Waals surface area contributed by atoms with Crippen LogP contribution in [0.25, 0.3) is 0 Å². The van der Waals surface area contributed by atoms with Crippen LogP contribution < -0.4 is 11.1 Å². The fourth-order valence-electron chi connectivity index (χ4n) is 3.37. The Morgan fingerprint density at radius 3 is 2.38 bits per heavy atom. The van der Waals surface area contributed by atoms with Gasteiger partial charge in [-0.05, 0) is 37.0 Å². The number of carbonyl (C=O) groups excluding carboxylic acids is 2. The molecule has 5 nitrogen and oxygen atoms in total. The first kappa shape index (κ1) is 16.2. The molecule has 1 heterocycles. The average Bonchev–Trinajstić information content (AvgIpc) is 3.03. The van der Waals surface area contributed by atoms with Crippen LogP contribution in [0, 0.1) is 0 Å². The van der Waals surface area contributed by atoms with Gasteiger partial charge in [-0.25, -0.2) is 0 Å². The number of primary amides is 1. The molecule has 5 heteroatoms. The van der Waals surface area contributed by atoms with Crippen LogP contribution >= 0.6 is 0 Å². The van der Waals surface area contributed by atoms with Crippen molar-refractivity contribution in [2.24, 2.45) is 5.73 Å². The molecule has 2 aromatic rings. The number of pyridine rings is 1. The van der Waals surface area contributed by atoms with Gasteiger partial charge in [-0.1, -0.05) is 43.2 Å². The smallest absolute Gasteiger partial charge is 0.267 e. The first-order valence-electron chi connectivity index (χ1n) is 8.20. The summed E-state index contributed by atoms with van der Waals surface area (Å²) in [5.74, 6) is -0.755. The molecular formula is C19H21N3O2. The molecule has 124 valence electrons. The Labute approximate surface area is 141 Å². The summed E-state index contributed by atoms with van der Waals surface area (Å²) in [6.45, 7) is 0. The molecular weight excluding hydrogens is 302 g/mol. The Kier molecular flexibility index (Phi) is 4.60. The first-order valence-corrected chi connectivity index (χ1v) is 8.20. The third kappa shape index (κ3) is 3.62. The quantitative estimate of drug-likeness (QED) is 0.886. The zero-order valence-electron chi connectivity index (χ0n) is 13.5. The molecule has 1 fully saturated rings. The molecule has 0 saturated heterocycles. The van der Waals surface area contributed by atoms with Gasteiger partial charge in [-0.15, -0.1) is 0 Å². The topological polar surface area (TPSA) is 85.1 Å². The van der Waals surface area contributed by atoms with E-state index in [1.54, 1.807) is 6.07 Å². The molecule has 0 radical (unpaired) electrons. The highest BCUT2D eigenvalue weighted by Crippen LogP contribution is 2.33. The van der Waals surface area contributed by atoms with Gasteiger partial charge in [-0.3, -0.25) is 14.6 Å². The largest absolute Gasteiger partial charge is 0.364 e. The number of hydrogen-bond donors (Lipinski definition) is 2. The molecule has 1 aliphatic rings. The summed E-state index contributed by atoms with van der Waals surface area (Å²) in [6, 6.07) is 13.3. The third-order valence-corrected chi connectivity index (χ3v) is 4.60. The molecule has 0 spiro atoms. The minimum absolute atomic E-state index is 0.156. The van der Waals surface area contributed by atoms with E-state index >= 15 is 0 Å². The van der Waals surface area contributed by atoms with Crippen molar-refractivity contribution in [2.75, 3.05) is 0 Å². The zero-order chi connectivity index (χ0) is 17.0. The average molecular weight is 323 g/mol. The van der Waals surface area contributed by atoms with E-state index in [4.69, 9.17) is 5.73 Å². The lowest BCUT2D eigenvalue weighted by Crippen LogP contribution is -2.48. The Bertz CT molecular complexity index is 720. The number of amides is 2. The van der Waals surface area contributed by atoms with E-state index in [2.05, 4.69) is 22.4 Å². The van der Waals surface area contributed by atoms with E-state index in [9.17, 15) is 9.59 Å². The molecule has 3 N–H and O–H groups in total. The summed E-state index contributed by atoms with van der Waals surface area (Å²) in [6.07, 6.45) is 6.41. The monoisotopic (exact) mass is 323 g/mol. The number of nitrogens with two attached hydrogens (primary N) is 1. The lowest BCUT2D eigenvalue weighted by molar-refractivity contribution is 0.0897. The Morgan fingerprint density at radius 2 is 1.79 bits per heavy atom. The summed E-state index contributed by atoms with van der Waals surface area (Å²) >= 11 is 0. The van der Waals surface area contributed by atoms with Crippen LogP contribution in [0.4, 0.5) is 0 Å². The number of nitrogens with one attached hydrogen (secondary N) is 1. The summed E-state index contributed by atoms with van der Waals surface area (Å²) < 4.78 is 0. The highest BCUT2D eigenvalue weighted by atomic mass is 16.2. The molecule has 1 aromatic carbocycles. The third-order valence-electron chi connectivity index (χ3n) is 4.60. The number of rotatable bonds is 5. The van der Waals surface area contributed by atoms with Crippen LogP contribution in [-0.2, 0) is 6.42 Å². The maximum absolute atomic E-state index is 12.6. The lowest BCUT2D eigenvalue weighted by Gasteiger charge is -2.30. The molecule has 0 bridgehead atoms. The molecule has 0 aliphatic heterocycles. The molecule has 24 heavy (non-hydrogen) atoms. The molecule has 1 aliphatic carbocycles. The van der Waals surface area contributed by atoms with E-state index in [0.717, 1.165) is 32.1 Å². The van der Waals surface area contributed by atoms with Crippen molar-refractivity contribution in [2.45, 2.75) is 37.6 Å². The number of nitrogens with zero attached hydrogens (tertiary/aromatic N) is 1. The molecule has 2 amide bonds. The second-order valence-corrected chi connectivity index (χ2v) is 6.40. The van der Waals surface area contributed by atoms with E-state index < -0.39 is 5.91 Å². The highest BCUT2D eigenvalue weighted by Gasteiger charge is 2.35. The van der Waals surface area contributed by atoms with E-state index in [-0.39, 0.29) is 17.1 Å². The fraction of sp³-hybridized carbons (Fsp3) is 0.316. The Balaban J connectivity index is 1.75. The first-order chi connectivity index (χ1) is 11.6. The summed E-state index contributed by atoms with van der Waals surface area (Å²) in [5.41, 5.74) is 6.80. The Hall–Kier alpha value is -2.69. The van der Waals surface area contributed by atoms with E-state index in [0.29, 0.717) is 5.56 Å². The van der Waals surface area contributed by atoms with Gasteiger partial charge in [0.25, 0.3) is 11.8 Å². The van der Waals surface area contributed by atoms with Crippen LogP contribution in [0.3, 0.4) is 0 Å². The highest BCUT2D eigenvalue weighted by molar-refractivity contribution is 5.96. The second-order valence-electron chi connectivity index (χ2n) is 6.40. The maximum Gasteiger partial charge on any atom is 0.267 e. The normalized spacial score (nSPS) is 15.8. The number of hydrogen-bond acceptors (Lipinski definition) is 3. The van der Waals surface area contributed by atoms with Crippen molar-refractivity contribution >= 4 is 11.8 Å². The van der Waals surface area contributed by atoms with E-state index in [1.807, 2.05) is 18.2 Å². The van der Waals surface area contributed by atoms with Crippen LogP contribution in [-0.4, -0.2) is 22.3 Å². The van der Waals surface area contributed by atoms with Crippen LogP contribution in [0.2, 0.25) is 0 Å². The minimum atomic E-state index is -0.599.